The van der Waals surface area contributed by atoms with E-state index >= 15 is 0 Å². The van der Waals surface area contributed by atoms with Gasteiger partial charge in [-0.1, -0.05) is 6.07 Å². The van der Waals surface area contributed by atoms with Crippen molar-refractivity contribution in [2.24, 2.45) is 0 Å². The first-order chi connectivity index (χ1) is 12.3. The van der Waals surface area contributed by atoms with Crippen LogP contribution in [0, 0.1) is 0 Å². The van der Waals surface area contributed by atoms with Crippen molar-refractivity contribution in [1.29, 1.82) is 0 Å². The molecule has 1 aromatic rings. The van der Waals surface area contributed by atoms with Crippen molar-refractivity contribution in [3.8, 4) is 0 Å². The monoisotopic (exact) mass is 380 g/mol. The molecular formula is C18H24N2O5S. The van der Waals surface area contributed by atoms with E-state index in [0.29, 0.717) is 5.57 Å². The van der Waals surface area contributed by atoms with Crippen LogP contribution in [-0.2, 0) is 30.3 Å². The minimum Gasteiger partial charge on any atom is -0.461 e. The summed E-state index contributed by atoms with van der Waals surface area (Å²) in [7, 11) is 1.36. The third-order valence-electron chi connectivity index (χ3n) is 4.26. The molecule has 1 aliphatic rings. The van der Waals surface area contributed by atoms with Crippen LogP contribution in [0.2, 0.25) is 0 Å². The minimum atomic E-state index is -1.48. The summed E-state index contributed by atoms with van der Waals surface area (Å²) < 4.78 is 10.4. The summed E-state index contributed by atoms with van der Waals surface area (Å²) in [4.78, 5) is 39.7. The Balaban J connectivity index is 2.19. The smallest absolute Gasteiger partial charge is 0.354 e. The molecule has 0 aliphatic carbocycles. The van der Waals surface area contributed by atoms with Gasteiger partial charge in [0, 0.05) is 12.0 Å². The number of allylic oxidation sites excluding steroid dienone is 1. The van der Waals surface area contributed by atoms with E-state index in [0.717, 1.165) is 4.88 Å². The molecule has 0 bridgehead atoms. The maximum atomic E-state index is 12.9. The summed E-state index contributed by atoms with van der Waals surface area (Å²) in [6, 6.07) is 3.16. The zero-order chi connectivity index (χ0) is 19.5. The van der Waals surface area contributed by atoms with Crippen LogP contribution in [0.4, 0.5) is 0 Å². The van der Waals surface area contributed by atoms with E-state index in [2.05, 4.69) is 5.32 Å². The molecule has 2 unspecified atom stereocenters. The lowest BCUT2D eigenvalue weighted by atomic mass is 9.89. The SMILES string of the molecule is CCOC(=O)C(=C(C)C)N1C(=O)C(NC(=O)Cc2cccs2)(OC)C1C. The van der Waals surface area contributed by atoms with Gasteiger partial charge in [0.1, 0.15) is 5.70 Å². The van der Waals surface area contributed by atoms with Crippen LogP contribution in [0.1, 0.15) is 32.6 Å². The highest BCUT2D eigenvalue weighted by atomic mass is 32.1. The van der Waals surface area contributed by atoms with Gasteiger partial charge in [0.25, 0.3) is 5.91 Å². The zero-order valence-electron chi connectivity index (χ0n) is 15.6. The average Bonchev–Trinajstić information content (AvgIpc) is 3.09. The first kappa shape index (κ1) is 20.1. The molecule has 0 aromatic carbocycles. The maximum absolute atomic E-state index is 12.9. The minimum absolute atomic E-state index is 0.163. The van der Waals surface area contributed by atoms with Crippen molar-refractivity contribution in [3.05, 3.63) is 33.7 Å². The molecule has 0 spiro atoms. The molecular weight excluding hydrogens is 356 g/mol. The van der Waals surface area contributed by atoms with Crippen LogP contribution < -0.4 is 5.32 Å². The van der Waals surface area contributed by atoms with Crippen LogP contribution in [0.25, 0.3) is 0 Å². The number of nitrogens with one attached hydrogen (secondary N) is 1. The van der Waals surface area contributed by atoms with Crippen LogP contribution in [0.15, 0.2) is 28.8 Å². The fourth-order valence-electron chi connectivity index (χ4n) is 2.98. The van der Waals surface area contributed by atoms with E-state index in [1.165, 1.54) is 23.3 Å². The number of amides is 2. The number of β-lactam (4-membered cyclic amide) rings is 1. The highest BCUT2D eigenvalue weighted by Gasteiger charge is 2.62. The summed E-state index contributed by atoms with van der Waals surface area (Å²) in [5, 5.41) is 4.57. The Morgan fingerprint density at radius 3 is 2.54 bits per heavy atom. The van der Waals surface area contributed by atoms with Gasteiger partial charge in [0.2, 0.25) is 11.6 Å². The topological polar surface area (TPSA) is 84.9 Å². The summed E-state index contributed by atoms with van der Waals surface area (Å²) in [6.07, 6.45) is 0.163. The molecule has 2 rings (SSSR count). The molecule has 0 radical (unpaired) electrons. The second-order valence-electron chi connectivity index (χ2n) is 6.16. The first-order valence-corrected chi connectivity index (χ1v) is 9.23. The van der Waals surface area contributed by atoms with Gasteiger partial charge in [0.15, 0.2) is 0 Å². The Bertz CT molecular complexity index is 724. The van der Waals surface area contributed by atoms with Gasteiger partial charge in [0.05, 0.1) is 19.1 Å². The number of hydrogen-bond donors (Lipinski definition) is 1. The number of carbonyl (C=O) groups is 3. The van der Waals surface area contributed by atoms with E-state index in [1.807, 2.05) is 17.5 Å². The number of likely N-dealkylation sites (tertiary alicyclic amines) is 1. The van der Waals surface area contributed by atoms with Gasteiger partial charge in [-0.25, -0.2) is 4.79 Å². The molecule has 2 atom stereocenters. The second-order valence-corrected chi connectivity index (χ2v) is 7.20. The van der Waals surface area contributed by atoms with Crippen molar-refractivity contribution in [2.45, 2.75) is 45.9 Å². The highest BCUT2D eigenvalue weighted by molar-refractivity contribution is 7.10. The summed E-state index contributed by atoms with van der Waals surface area (Å²) in [5.74, 6) is -1.37. The van der Waals surface area contributed by atoms with Crippen molar-refractivity contribution in [3.63, 3.8) is 0 Å². The summed E-state index contributed by atoms with van der Waals surface area (Å²) >= 11 is 1.47. The third kappa shape index (κ3) is 3.52. The molecule has 1 aliphatic heterocycles. The van der Waals surface area contributed by atoms with Crippen molar-refractivity contribution in [1.82, 2.24) is 10.2 Å². The van der Waals surface area contributed by atoms with Crippen LogP contribution in [-0.4, -0.2) is 48.2 Å². The Kier molecular flexibility index (Phi) is 6.20. The van der Waals surface area contributed by atoms with E-state index < -0.39 is 23.6 Å². The molecule has 142 valence electrons. The molecule has 1 aromatic heterocycles. The fraction of sp³-hybridized carbons (Fsp3) is 0.500. The highest BCUT2D eigenvalue weighted by Crippen LogP contribution is 2.36. The number of ether oxygens (including phenoxy) is 2. The Morgan fingerprint density at radius 2 is 2.08 bits per heavy atom. The maximum Gasteiger partial charge on any atom is 0.354 e. The molecule has 7 nitrogen and oxygen atoms in total. The summed E-state index contributed by atoms with van der Waals surface area (Å²) in [5.41, 5.74) is -0.649. The van der Waals surface area contributed by atoms with Crippen molar-refractivity contribution >= 4 is 29.1 Å². The number of thiophene rings is 1. The number of esters is 1. The molecule has 2 amide bonds. The normalized spacial score (nSPS) is 21.8. The van der Waals surface area contributed by atoms with Gasteiger partial charge in [-0.15, -0.1) is 11.3 Å². The molecule has 1 N–H and O–H groups in total. The summed E-state index contributed by atoms with van der Waals surface area (Å²) in [6.45, 7) is 7.09. The van der Waals surface area contributed by atoms with Crippen molar-refractivity contribution < 1.29 is 23.9 Å². The Morgan fingerprint density at radius 1 is 1.38 bits per heavy atom. The average molecular weight is 380 g/mol. The zero-order valence-corrected chi connectivity index (χ0v) is 16.4. The predicted molar refractivity (Wildman–Crippen MR) is 97.2 cm³/mol. The first-order valence-electron chi connectivity index (χ1n) is 8.35. The lowest BCUT2D eigenvalue weighted by Crippen LogP contribution is -2.80. The molecule has 2 heterocycles. The Hall–Kier alpha value is -2.19. The van der Waals surface area contributed by atoms with Crippen LogP contribution in [0.3, 0.4) is 0 Å². The number of methoxy groups -OCH3 is 1. The molecule has 26 heavy (non-hydrogen) atoms. The van der Waals surface area contributed by atoms with E-state index in [1.54, 1.807) is 27.7 Å². The van der Waals surface area contributed by atoms with Gasteiger partial charge in [-0.3, -0.25) is 14.5 Å². The number of rotatable bonds is 7. The molecule has 8 heteroatoms. The quantitative estimate of drug-likeness (QED) is 0.338. The third-order valence-corrected chi connectivity index (χ3v) is 5.13. The van der Waals surface area contributed by atoms with Gasteiger partial charge < -0.3 is 14.8 Å². The molecule has 0 saturated carbocycles. The van der Waals surface area contributed by atoms with E-state index in [4.69, 9.17) is 9.47 Å². The van der Waals surface area contributed by atoms with Gasteiger partial charge in [-0.05, 0) is 44.7 Å². The molecule has 1 fully saturated rings. The largest absolute Gasteiger partial charge is 0.461 e. The second kappa shape index (κ2) is 8.01. The standard InChI is InChI=1S/C18H24N2O5S/c1-6-25-16(22)15(11(2)3)20-12(4)18(24-5,17(20)23)19-14(21)10-13-8-7-9-26-13/h7-9,12H,6,10H2,1-5H3,(H,19,21). The number of nitrogens with zero attached hydrogens (tertiary/aromatic N) is 1. The number of hydrogen-bond acceptors (Lipinski definition) is 6. The fourth-order valence-corrected chi connectivity index (χ4v) is 3.68. The van der Waals surface area contributed by atoms with E-state index in [9.17, 15) is 14.4 Å². The Labute approximate surface area is 157 Å². The molecule has 1 saturated heterocycles. The van der Waals surface area contributed by atoms with E-state index in [-0.39, 0.29) is 24.6 Å². The predicted octanol–water partition coefficient (Wildman–Crippen LogP) is 1.84. The number of carbonyl (C=O) groups excluding carboxylic acids is 3. The van der Waals surface area contributed by atoms with Crippen LogP contribution >= 0.6 is 11.3 Å². The van der Waals surface area contributed by atoms with Gasteiger partial charge >= 0.3 is 5.97 Å². The van der Waals surface area contributed by atoms with Crippen molar-refractivity contribution in [2.75, 3.05) is 13.7 Å². The van der Waals surface area contributed by atoms with Gasteiger partial charge in [-0.2, -0.15) is 0 Å². The van der Waals surface area contributed by atoms with Crippen LogP contribution in [0.5, 0.6) is 0 Å². The lowest BCUT2D eigenvalue weighted by Gasteiger charge is -2.53. The lowest BCUT2D eigenvalue weighted by molar-refractivity contribution is -0.201.